The fourth-order valence-corrected chi connectivity index (χ4v) is 1.28. The van der Waals surface area contributed by atoms with Crippen molar-refractivity contribution < 1.29 is 14.9 Å². The molecule has 0 bridgehead atoms. The Morgan fingerprint density at radius 3 is 2.27 bits per heavy atom. The van der Waals surface area contributed by atoms with Crippen LogP contribution >= 0.6 is 0 Å². The topological polar surface area (TPSA) is 38.7 Å². The predicted molar refractivity (Wildman–Crippen MR) is 59.1 cm³/mol. The molecule has 1 aromatic carbocycles. The van der Waals surface area contributed by atoms with Crippen LogP contribution in [0.3, 0.4) is 0 Å². The van der Waals surface area contributed by atoms with Gasteiger partial charge in [-0.1, -0.05) is 12.1 Å². The van der Waals surface area contributed by atoms with Crippen LogP contribution in [-0.2, 0) is 11.3 Å². The number of aryl methyl sites for hydroxylation is 1. The van der Waals surface area contributed by atoms with E-state index in [0.717, 1.165) is 18.6 Å². The van der Waals surface area contributed by atoms with Crippen LogP contribution in [-0.4, -0.2) is 18.0 Å². The van der Waals surface area contributed by atoms with Crippen molar-refractivity contribution in [2.45, 2.75) is 32.3 Å². The zero-order valence-corrected chi connectivity index (χ0v) is 9.49. The Hall–Kier alpha value is -1.06. The van der Waals surface area contributed by atoms with Crippen molar-refractivity contribution in [1.82, 2.24) is 0 Å². The van der Waals surface area contributed by atoms with E-state index in [9.17, 15) is 0 Å². The van der Waals surface area contributed by atoms with Gasteiger partial charge in [-0.25, -0.2) is 4.89 Å². The van der Waals surface area contributed by atoms with Crippen molar-refractivity contribution in [2.75, 3.05) is 7.11 Å². The largest absolute Gasteiger partial charge is 0.497 e. The number of benzene rings is 1. The molecule has 3 heteroatoms. The standard InChI is InChI=1S/C12H18O3/c1-12(2,15-13)9-8-10-4-6-11(14-3)7-5-10/h4-7,13H,8-9H2,1-3H3. The Morgan fingerprint density at radius 2 is 1.80 bits per heavy atom. The van der Waals surface area contributed by atoms with Gasteiger partial charge in [0.1, 0.15) is 5.75 Å². The van der Waals surface area contributed by atoms with E-state index in [2.05, 4.69) is 4.89 Å². The summed E-state index contributed by atoms with van der Waals surface area (Å²) in [4.78, 5) is 4.38. The van der Waals surface area contributed by atoms with Crippen molar-refractivity contribution in [2.24, 2.45) is 0 Å². The van der Waals surface area contributed by atoms with Crippen molar-refractivity contribution in [3.05, 3.63) is 29.8 Å². The van der Waals surface area contributed by atoms with E-state index in [0.29, 0.717) is 0 Å². The molecule has 3 nitrogen and oxygen atoms in total. The van der Waals surface area contributed by atoms with E-state index < -0.39 is 5.60 Å². The Morgan fingerprint density at radius 1 is 1.20 bits per heavy atom. The number of hydrogen-bond acceptors (Lipinski definition) is 3. The van der Waals surface area contributed by atoms with Gasteiger partial charge in [0, 0.05) is 0 Å². The normalized spacial score (nSPS) is 11.5. The summed E-state index contributed by atoms with van der Waals surface area (Å²) < 4.78 is 5.07. The molecule has 0 unspecified atom stereocenters. The minimum absolute atomic E-state index is 0.486. The molecule has 1 rings (SSSR count). The van der Waals surface area contributed by atoms with Crippen molar-refractivity contribution >= 4 is 0 Å². The summed E-state index contributed by atoms with van der Waals surface area (Å²) in [5.74, 6) is 0.858. The Kier molecular flexibility index (Phi) is 4.12. The highest BCUT2D eigenvalue weighted by atomic mass is 17.1. The van der Waals surface area contributed by atoms with Gasteiger partial charge >= 0.3 is 0 Å². The Labute approximate surface area is 90.6 Å². The highest BCUT2D eigenvalue weighted by Crippen LogP contribution is 2.18. The fraction of sp³-hybridized carbons (Fsp3) is 0.500. The average Bonchev–Trinajstić information content (AvgIpc) is 2.27. The van der Waals surface area contributed by atoms with E-state index in [-0.39, 0.29) is 0 Å². The van der Waals surface area contributed by atoms with Crippen LogP contribution in [0.1, 0.15) is 25.8 Å². The molecule has 0 atom stereocenters. The van der Waals surface area contributed by atoms with Crippen molar-refractivity contribution in [3.8, 4) is 5.75 Å². The molecule has 0 aromatic heterocycles. The fourth-order valence-electron chi connectivity index (χ4n) is 1.28. The number of ether oxygens (including phenoxy) is 1. The molecular formula is C12H18O3. The van der Waals surface area contributed by atoms with Crippen LogP contribution in [0, 0.1) is 0 Å². The smallest absolute Gasteiger partial charge is 0.118 e. The molecule has 0 aliphatic rings. The van der Waals surface area contributed by atoms with E-state index in [1.54, 1.807) is 7.11 Å². The summed E-state index contributed by atoms with van der Waals surface area (Å²) in [6.45, 7) is 3.72. The first-order valence-corrected chi connectivity index (χ1v) is 5.03. The minimum atomic E-state index is -0.486. The van der Waals surface area contributed by atoms with Gasteiger partial charge in [-0.2, -0.15) is 0 Å². The first-order chi connectivity index (χ1) is 7.07. The molecule has 1 N–H and O–H groups in total. The molecule has 0 aliphatic heterocycles. The molecule has 0 saturated carbocycles. The predicted octanol–water partition coefficient (Wildman–Crippen LogP) is 2.90. The maximum Gasteiger partial charge on any atom is 0.118 e. The van der Waals surface area contributed by atoms with Crippen LogP contribution in [0.5, 0.6) is 5.75 Å². The lowest BCUT2D eigenvalue weighted by molar-refractivity contribution is -0.314. The Bertz CT molecular complexity index is 290. The first-order valence-electron chi connectivity index (χ1n) is 5.03. The van der Waals surface area contributed by atoms with Gasteiger partial charge < -0.3 is 4.74 Å². The maximum absolute atomic E-state index is 8.63. The molecule has 84 valence electrons. The van der Waals surface area contributed by atoms with Gasteiger partial charge in [-0.05, 0) is 44.4 Å². The Balaban J connectivity index is 2.51. The molecule has 0 spiro atoms. The zero-order chi connectivity index (χ0) is 11.3. The molecule has 0 aliphatic carbocycles. The zero-order valence-electron chi connectivity index (χ0n) is 9.49. The van der Waals surface area contributed by atoms with E-state index >= 15 is 0 Å². The second kappa shape index (κ2) is 5.14. The highest BCUT2D eigenvalue weighted by molar-refractivity contribution is 5.27. The highest BCUT2D eigenvalue weighted by Gasteiger charge is 2.17. The minimum Gasteiger partial charge on any atom is -0.497 e. The summed E-state index contributed by atoms with van der Waals surface area (Å²) in [6, 6.07) is 7.91. The number of hydrogen-bond donors (Lipinski definition) is 1. The SMILES string of the molecule is COc1ccc(CCC(C)(C)OO)cc1. The van der Waals surface area contributed by atoms with Gasteiger partial charge in [0.25, 0.3) is 0 Å². The first kappa shape index (κ1) is 12.0. The van der Waals surface area contributed by atoms with E-state index in [4.69, 9.17) is 9.99 Å². The third-order valence-corrected chi connectivity index (χ3v) is 2.42. The third-order valence-electron chi connectivity index (χ3n) is 2.42. The molecule has 0 fully saturated rings. The summed E-state index contributed by atoms with van der Waals surface area (Å²) in [6.07, 6.45) is 1.65. The molecule has 0 heterocycles. The van der Waals surface area contributed by atoms with Crippen molar-refractivity contribution in [1.29, 1.82) is 0 Å². The third kappa shape index (κ3) is 3.90. The second-order valence-electron chi connectivity index (χ2n) is 4.20. The summed E-state index contributed by atoms with van der Waals surface area (Å²) in [5.41, 5.74) is 0.723. The molecule has 0 saturated heterocycles. The molecule has 1 aromatic rings. The van der Waals surface area contributed by atoms with Crippen LogP contribution in [0.25, 0.3) is 0 Å². The molecule has 0 radical (unpaired) electrons. The van der Waals surface area contributed by atoms with Crippen LogP contribution in [0.4, 0.5) is 0 Å². The average molecular weight is 210 g/mol. The van der Waals surface area contributed by atoms with Gasteiger partial charge in [0.2, 0.25) is 0 Å². The van der Waals surface area contributed by atoms with Gasteiger partial charge in [-0.15, -0.1) is 0 Å². The second-order valence-corrected chi connectivity index (χ2v) is 4.20. The van der Waals surface area contributed by atoms with Gasteiger partial charge in [-0.3, -0.25) is 5.26 Å². The van der Waals surface area contributed by atoms with Crippen molar-refractivity contribution in [3.63, 3.8) is 0 Å². The van der Waals surface area contributed by atoms with E-state index in [1.165, 1.54) is 5.56 Å². The molecule has 0 amide bonds. The lowest BCUT2D eigenvalue weighted by atomic mass is 9.99. The van der Waals surface area contributed by atoms with Gasteiger partial charge in [0.15, 0.2) is 0 Å². The van der Waals surface area contributed by atoms with Gasteiger partial charge in [0.05, 0.1) is 12.7 Å². The maximum atomic E-state index is 8.63. The van der Waals surface area contributed by atoms with Crippen LogP contribution in [0.15, 0.2) is 24.3 Å². The monoisotopic (exact) mass is 210 g/mol. The summed E-state index contributed by atoms with van der Waals surface area (Å²) >= 11 is 0. The van der Waals surface area contributed by atoms with E-state index in [1.807, 2.05) is 38.1 Å². The summed E-state index contributed by atoms with van der Waals surface area (Å²) in [7, 11) is 1.65. The molecule has 15 heavy (non-hydrogen) atoms. The lowest BCUT2D eigenvalue weighted by Gasteiger charge is -2.19. The summed E-state index contributed by atoms with van der Waals surface area (Å²) in [5, 5.41) is 8.63. The molecular weight excluding hydrogens is 192 g/mol. The lowest BCUT2D eigenvalue weighted by Crippen LogP contribution is -2.23. The van der Waals surface area contributed by atoms with Crippen LogP contribution in [0.2, 0.25) is 0 Å². The number of methoxy groups -OCH3 is 1. The quantitative estimate of drug-likeness (QED) is 0.600. The number of rotatable bonds is 5. The van der Waals surface area contributed by atoms with Crippen LogP contribution < -0.4 is 4.74 Å².